The van der Waals surface area contributed by atoms with Crippen molar-refractivity contribution in [2.24, 2.45) is 0 Å². The number of carbonyl (C=O) groups excluding carboxylic acids is 1. The van der Waals surface area contributed by atoms with Gasteiger partial charge in [0, 0.05) is 12.6 Å². The minimum absolute atomic E-state index is 0.0957. The molecule has 0 aliphatic heterocycles. The molecule has 0 fully saturated rings. The number of amides is 1. The lowest BCUT2D eigenvalue weighted by Crippen LogP contribution is -2.08. The number of halogens is 1. The third-order valence-corrected chi connectivity index (χ3v) is 2.88. The van der Waals surface area contributed by atoms with Gasteiger partial charge in [0.1, 0.15) is 5.82 Å². The molecule has 0 unspecified atom stereocenters. The molecule has 108 valence electrons. The fourth-order valence-electron chi connectivity index (χ4n) is 2.03. The van der Waals surface area contributed by atoms with Gasteiger partial charge >= 0.3 is 5.97 Å². The number of hydrogen-bond acceptors (Lipinski definition) is 2. The maximum Gasteiger partial charge on any atom is 0.335 e. The molecule has 0 spiro atoms. The second-order valence-electron chi connectivity index (χ2n) is 4.71. The highest BCUT2D eigenvalue weighted by molar-refractivity contribution is 5.93. The van der Waals surface area contributed by atoms with Crippen LogP contribution >= 0.6 is 0 Å². The van der Waals surface area contributed by atoms with E-state index in [-0.39, 0.29) is 17.3 Å². The van der Waals surface area contributed by atoms with E-state index < -0.39 is 5.97 Å². The van der Waals surface area contributed by atoms with E-state index in [0.29, 0.717) is 12.1 Å². The molecule has 0 saturated carbocycles. The van der Waals surface area contributed by atoms with Crippen LogP contribution in [-0.2, 0) is 11.2 Å². The highest BCUT2D eigenvalue weighted by Crippen LogP contribution is 2.18. The van der Waals surface area contributed by atoms with Crippen LogP contribution in [0.15, 0.2) is 42.5 Å². The van der Waals surface area contributed by atoms with Crippen LogP contribution in [-0.4, -0.2) is 17.0 Å². The molecule has 1 amide bonds. The van der Waals surface area contributed by atoms with Crippen molar-refractivity contribution in [3.8, 4) is 0 Å². The molecule has 2 N–H and O–H groups in total. The van der Waals surface area contributed by atoms with Gasteiger partial charge in [0.05, 0.1) is 5.56 Å². The summed E-state index contributed by atoms with van der Waals surface area (Å²) in [5.41, 5.74) is 2.11. The Morgan fingerprint density at radius 2 is 1.76 bits per heavy atom. The van der Waals surface area contributed by atoms with Crippen LogP contribution in [0.4, 0.5) is 10.1 Å². The number of benzene rings is 2. The zero-order chi connectivity index (χ0) is 15.4. The number of anilines is 1. The Labute approximate surface area is 121 Å². The topological polar surface area (TPSA) is 66.4 Å². The van der Waals surface area contributed by atoms with Crippen molar-refractivity contribution in [3.05, 3.63) is 65.0 Å². The van der Waals surface area contributed by atoms with Gasteiger partial charge in [-0.3, -0.25) is 4.79 Å². The van der Waals surface area contributed by atoms with Crippen molar-refractivity contribution in [2.75, 3.05) is 5.32 Å². The maximum atomic E-state index is 12.9. The molecule has 21 heavy (non-hydrogen) atoms. The minimum Gasteiger partial charge on any atom is -0.478 e. The van der Waals surface area contributed by atoms with E-state index in [0.717, 1.165) is 11.1 Å². The van der Waals surface area contributed by atoms with Crippen LogP contribution in [0.25, 0.3) is 0 Å². The molecular formula is C16H14FNO3. The molecule has 0 saturated heterocycles. The summed E-state index contributed by atoms with van der Waals surface area (Å²) in [4.78, 5) is 22.2. The molecule has 2 aromatic rings. The quantitative estimate of drug-likeness (QED) is 0.908. The number of carboxylic acids is 1. The first-order valence-electron chi connectivity index (χ1n) is 6.33. The summed E-state index contributed by atoms with van der Waals surface area (Å²) in [5, 5.41) is 11.7. The second-order valence-corrected chi connectivity index (χ2v) is 4.71. The van der Waals surface area contributed by atoms with Crippen molar-refractivity contribution < 1.29 is 19.1 Å². The minimum atomic E-state index is -1.07. The van der Waals surface area contributed by atoms with Crippen LogP contribution in [0.2, 0.25) is 0 Å². The molecule has 2 rings (SSSR count). The molecule has 5 heteroatoms. The highest BCUT2D eigenvalue weighted by Gasteiger charge is 2.08. The van der Waals surface area contributed by atoms with Gasteiger partial charge in [-0.1, -0.05) is 12.1 Å². The van der Waals surface area contributed by atoms with Crippen molar-refractivity contribution >= 4 is 17.6 Å². The van der Waals surface area contributed by atoms with E-state index >= 15 is 0 Å². The predicted octanol–water partition coefficient (Wildman–Crippen LogP) is 3.07. The van der Waals surface area contributed by atoms with Crippen LogP contribution in [0, 0.1) is 5.82 Å². The summed E-state index contributed by atoms with van der Waals surface area (Å²) in [6, 6.07) is 10.6. The maximum absolute atomic E-state index is 12.9. The Morgan fingerprint density at radius 1 is 1.10 bits per heavy atom. The molecule has 0 heterocycles. The summed E-state index contributed by atoms with van der Waals surface area (Å²) in [5.74, 6) is -1.66. The van der Waals surface area contributed by atoms with E-state index in [1.54, 1.807) is 18.2 Å². The van der Waals surface area contributed by atoms with Gasteiger partial charge in [-0.2, -0.15) is 0 Å². The first kappa shape index (κ1) is 14.7. The number of carbonyl (C=O) groups is 2. The van der Waals surface area contributed by atoms with Gasteiger partial charge in [-0.05, 0) is 47.9 Å². The Balaban J connectivity index is 2.32. The van der Waals surface area contributed by atoms with Gasteiger partial charge in [-0.15, -0.1) is 0 Å². The Hall–Kier alpha value is -2.69. The van der Waals surface area contributed by atoms with Crippen molar-refractivity contribution in [2.45, 2.75) is 13.3 Å². The van der Waals surface area contributed by atoms with Crippen molar-refractivity contribution in [1.29, 1.82) is 0 Å². The number of aromatic carboxylic acids is 1. The average molecular weight is 287 g/mol. The summed E-state index contributed by atoms with van der Waals surface area (Å²) in [6.07, 6.45) is 0.452. The summed E-state index contributed by atoms with van der Waals surface area (Å²) in [7, 11) is 0. The third kappa shape index (κ3) is 4.14. The number of carboxylic acid groups (broad SMARTS) is 1. The molecule has 0 bridgehead atoms. The highest BCUT2D eigenvalue weighted by atomic mass is 19.1. The Bertz CT molecular complexity index is 680. The van der Waals surface area contributed by atoms with Crippen LogP contribution in [0.5, 0.6) is 0 Å². The normalized spacial score (nSPS) is 10.2. The van der Waals surface area contributed by atoms with E-state index in [1.165, 1.54) is 31.2 Å². The first-order valence-corrected chi connectivity index (χ1v) is 6.33. The Morgan fingerprint density at radius 3 is 2.33 bits per heavy atom. The van der Waals surface area contributed by atoms with Gasteiger partial charge in [0.2, 0.25) is 5.91 Å². The van der Waals surface area contributed by atoms with Crippen molar-refractivity contribution in [3.63, 3.8) is 0 Å². The molecule has 0 radical (unpaired) electrons. The number of rotatable bonds is 4. The van der Waals surface area contributed by atoms with Crippen LogP contribution < -0.4 is 5.32 Å². The monoisotopic (exact) mass is 287 g/mol. The van der Waals surface area contributed by atoms with Gasteiger partial charge in [0.25, 0.3) is 0 Å². The second kappa shape index (κ2) is 6.17. The molecule has 0 aliphatic rings. The predicted molar refractivity (Wildman–Crippen MR) is 76.9 cm³/mol. The van der Waals surface area contributed by atoms with E-state index in [9.17, 15) is 14.0 Å². The largest absolute Gasteiger partial charge is 0.478 e. The number of nitrogens with one attached hydrogen (secondary N) is 1. The zero-order valence-corrected chi connectivity index (χ0v) is 11.4. The summed E-state index contributed by atoms with van der Waals surface area (Å²) >= 11 is 0. The van der Waals surface area contributed by atoms with Crippen LogP contribution in [0.1, 0.15) is 28.4 Å². The first-order chi connectivity index (χ1) is 9.94. The molecule has 0 atom stereocenters. The third-order valence-electron chi connectivity index (χ3n) is 2.88. The SMILES string of the molecule is CC(=O)Nc1cc(Cc2ccc(F)cc2)cc(C(=O)O)c1. The van der Waals surface area contributed by atoms with Crippen molar-refractivity contribution in [1.82, 2.24) is 0 Å². The van der Waals surface area contributed by atoms with Gasteiger partial charge in [-0.25, -0.2) is 9.18 Å². The molecular weight excluding hydrogens is 273 g/mol. The standard InChI is InChI=1S/C16H14FNO3/c1-10(19)18-15-8-12(7-13(9-15)16(20)21)6-11-2-4-14(17)5-3-11/h2-5,7-9H,6H2,1H3,(H,18,19)(H,20,21). The summed E-state index contributed by atoms with van der Waals surface area (Å²) in [6.45, 7) is 1.35. The van der Waals surface area contributed by atoms with E-state index in [1.807, 2.05) is 0 Å². The molecule has 0 aromatic heterocycles. The fraction of sp³-hybridized carbons (Fsp3) is 0.125. The van der Waals surface area contributed by atoms with E-state index in [2.05, 4.69) is 5.32 Å². The van der Waals surface area contributed by atoms with Gasteiger partial charge in [0.15, 0.2) is 0 Å². The van der Waals surface area contributed by atoms with E-state index in [4.69, 9.17) is 5.11 Å². The Kier molecular flexibility index (Phi) is 4.33. The average Bonchev–Trinajstić information content (AvgIpc) is 2.40. The lowest BCUT2D eigenvalue weighted by atomic mass is 10.0. The van der Waals surface area contributed by atoms with Gasteiger partial charge < -0.3 is 10.4 Å². The van der Waals surface area contributed by atoms with Crippen LogP contribution in [0.3, 0.4) is 0 Å². The summed E-state index contributed by atoms with van der Waals surface area (Å²) < 4.78 is 12.9. The molecule has 4 nitrogen and oxygen atoms in total. The molecule has 2 aromatic carbocycles. The number of hydrogen-bond donors (Lipinski definition) is 2. The zero-order valence-electron chi connectivity index (χ0n) is 11.4. The molecule has 0 aliphatic carbocycles. The fourth-order valence-corrected chi connectivity index (χ4v) is 2.03. The smallest absolute Gasteiger partial charge is 0.335 e. The lowest BCUT2D eigenvalue weighted by Gasteiger charge is -2.08. The lowest BCUT2D eigenvalue weighted by molar-refractivity contribution is -0.114.